The van der Waals surface area contributed by atoms with E-state index in [2.05, 4.69) is 50.4 Å². The maximum atomic E-state index is 5.97. The highest BCUT2D eigenvalue weighted by Crippen LogP contribution is 2.16. The van der Waals surface area contributed by atoms with Crippen LogP contribution in [0.3, 0.4) is 0 Å². The Morgan fingerprint density at radius 1 is 1.04 bits per heavy atom. The lowest BCUT2D eigenvalue weighted by Crippen LogP contribution is -2.46. The first kappa shape index (κ1) is 22.3. The number of para-hydroxylation sites is 1. The topological polar surface area (TPSA) is 66.1 Å². The zero-order chi connectivity index (χ0) is 18.9. The maximum absolute atomic E-state index is 5.97. The number of nitrogens with two attached hydrogens (primary N) is 1. The number of guanidine groups is 1. The monoisotopic (exact) mass is 495 g/mol. The van der Waals surface area contributed by atoms with Crippen LogP contribution in [0.2, 0.25) is 0 Å². The molecule has 1 aliphatic heterocycles. The number of anilines is 2. The zero-order valence-corrected chi connectivity index (χ0v) is 18.7. The van der Waals surface area contributed by atoms with Crippen molar-refractivity contribution in [2.24, 2.45) is 10.7 Å². The van der Waals surface area contributed by atoms with Gasteiger partial charge in [-0.05, 0) is 42.8 Å². The van der Waals surface area contributed by atoms with Crippen molar-refractivity contribution in [2.45, 2.75) is 6.42 Å². The maximum Gasteiger partial charge on any atom is 0.193 e. The van der Waals surface area contributed by atoms with Crippen molar-refractivity contribution in [1.82, 2.24) is 4.90 Å². The molecule has 0 bridgehead atoms. The quantitative estimate of drug-likeness (QED) is 0.267. The average molecular weight is 495 g/mol. The summed E-state index contributed by atoms with van der Waals surface area (Å²) in [7, 11) is 1.65. The molecule has 6 nitrogen and oxygen atoms in total. The molecule has 3 rings (SSSR count). The highest BCUT2D eigenvalue weighted by atomic mass is 127. The van der Waals surface area contributed by atoms with Crippen molar-refractivity contribution in [2.75, 3.05) is 56.6 Å². The van der Waals surface area contributed by atoms with Crippen molar-refractivity contribution < 1.29 is 4.74 Å². The third-order valence-corrected chi connectivity index (χ3v) is 4.77. The lowest BCUT2D eigenvalue weighted by Gasteiger charge is -2.36. The predicted octanol–water partition coefficient (Wildman–Crippen LogP) is 3.25. The highest BCUT2D eigenvalue weighted by Gasteiger charge is 2.16. The Kier molecular flexibility index (Phi) is 9.36. The Labute approximate surface area is 184 Å². The van der Waals surface area contributed by atoms with Crippen LogP contribution in [-0.2, 0) is 0 Å². The highest BCUT2D eigenvalue weighted by molar-refractivity contribution is 14.0. The summed E-state index contributed by atoms with van der Waals surface area (Å²) in [4.78, 5) is 9.38. The molecule has 0 saturated carbocycles. The second-order valence-corrected chi connectivity index (χ2v) is 6.64. The summed E-state index contributed by atoms with van der Waals surface area (Å²) in [6.07, 6.45) is 1.01. The zero-order valence-electron chi connectivity index (χ0n) is 16.4. The van der Waals surface area contributed by atoms with Crippen LogP contribution in [-0.4, -0.2) is 57.2 Å². The van der Waals surface area contributed by atoms with Gasteiger partial charge in [0.2, 0.25) is 0 Å². The fraction of sp³-hybridized carbons (Fsp3) is 0.381. The third-order valence-electron chi connectivity index (χ3n) is 4.77. The van der Waals surface area contributed by atoms with Gasteiger partial charge in [-0.1, -0.05) is 18.2 Å². The number of benzene rings is 2. The van der Waals surface area contributed by atoms with Gasteiger partial charge < -0.3 is 20.7 Å². The van der Waals surface area contributed by atoms with Gasteiger partial charge in [-0.3, -0.25) is 9.89 Å². The molecule has 28 heavy (non-hydrogen) atoms. The molecule has 0 atom stereocenters. The lowest BCUT2D eigenvalue weighted by molar-refractivity contribution is 0.256. The van der Waals surface area contributed by atoms with E-state index in [0.29, 0.717) is 5.96 Å². The van der Waals surface area contributed by atoms with Crippen LogP contribution in [0, 0.1) is 0 Å². The number of halogens is 1. The first-order valence-corrected chi connectivity index (χ1v) is 9.48. The molecular formula is C21H30IN5O. The van der Waals surface area contributed by atoms with Crippen molar-refractivity contribution in [1.29, 1.82) is 0 Å². The van der Waals surface area contributed by atoms with Gasteiger partial charge in [0, 0.05) is 50.6 Å². The number of rotatable bonds is 7. The minimum Gasteiger partial charge on any atom is -0.497 e. The molecule has 0 aromatic heterocycles. The minimum atomic E-state index is 0. The van der Waals surface area contributed by atoms with E-state index in [1.807, 2.05) is 24.3 Å². The molecule has 0 amide bonds. The molecule has 1 saturated heterocycles. The Bertz CT molecular complexity index is 715. The molecule has 1 aliphatic rings. The molecule has 3 N–H and O–H groups in total. The molecule has 152 valence electrons. The van der Waals surface area contributed by atoms with Crippen molar-refractivity contribution >= 4 is 41.3 Å². The predicted molar refractivity (Wildman–Crippen MR) is 128 cm³/mol. The van der Waals surface area contributed by atoms with E-state index in [-0.39, 0.29) is 24.0 Å². The molecule has 2 aromatic rings. The normalized spacial score (nSPS) is 15.0. The van der Waals surface area contributed by atoms with Crippen LogP contribution in [0.5, 0.6) is 5.75 Å². The van der Waals surface area contributed by atoms with Gasteiger partial charge in [0.25, 0.3) is 0 Å². The molecular weight excluding hydrogens is 465 g/mol. The Balaban J connectivity index is 0.00000280. The van der Waals surface area contributed by atoms with E-state index in [4.69, 9.17) is 10.5 Å². The van der Waals surface area contributed by atoms with Gasteiger partial charge >= 0.3 is 0 Å². The summed E-state index contributed by atoms with van der Waals surface area (Å²) < 4.78 is 5.15. The van der Waals surface area contributed by atoms with E-state index in [1.54, 1.807) is 7.11 Å². The van der Waals surface area contributed by atoms with Gasteiger partial charge in [-0.15, -0.1) is 24.0 Å². The second kappa shape index (κ2) is 11.8. The van der Waals surface area contributed by atoms with Crippen LogP contribution >= 0.6 is 24.0 Å². The number of hydrogen-bond donors (Lipinski definition) is 2. The Morgan fingerprint density at radius 2 is 1.71 bits per heavy atom. The summed E-state index contributed by atoms with van der Waals surface area (Å²) in [5.41, 5.74) is 8.20. The number of nitrogens with zero attached hydrogens (tertiary/aromatic N) is 3. The number of methoxy groups -OCH3 is 1. The van der Waals surface area contributed by atoms with Crippen molar-refractivity contribution in [3.63, 3.8) is 0 Å². The largest absolute Gasteiger partial charge is 0.497 e. The SMILES string of the molecule is COc1ccc(NC(N)=NCCCN2CCN(c3ccccc3)CC2)cc1.I. The minimum absolute atomic E-state index is 0. The van der Waals surface area contributed by atoms with Gasteiger partial charge in [-0.2, -0.15) is 0 Å². The van der Waals surface area contributed by atoms with E-state index in [9.17, 15) is 0 Å². The number of aliphatic imine (C=N–C) groups is 1. The number of nitrogens with one attached hydrogen (secondary N) is 1. The lowest BCUT2D eigenvalue weighted by atomic mass is 10.2. The van der Waals surface area contributed by atoms with E-state index >= 15 is 0 Å². The molecule has 0 radical (unpaired) electrons. The Hall–Kier alpha value is -2.00. The summed E-state index contributed by atoms with van der Waals surface area (Å²) in [5.74, 6) is 1.28. The van der Waals surface area contributed by atoms with Crippen molar-refractivity contribution in [3.8, 4) is 5.75 Å². The average Bonchev–Trinajstić information content (AvgIpc) is 2.73. The van der Waals surface area contributed by atoms with Crippen LogP contribution < -0.4 is 20.7 Å². The smallest absolute Gasteiger partial charge is 0.193 e. The molecule has 7 heteroatoms. The fourth-order valence-corrected chi connectivity index (χ4v) is 3.22. The molecule has 0 unspecified atom stereocenters. The van der Waals surface area contributed by atoms with Crippen LogP contribution in [0.4, 0.5) is 11.4 Å². The van der Waals surface area contributed by atoms with Crippen LogP contribution in [0.1, 0.15) is 6.42 Å². The number of hydrogen-bond acceptors (Lipinski definition) is 4. The van der Waals surface area contributed by atoms with Gasteiger partial charge in [-0.25, -0.2) is 0 Å². The molecule has 0 spiro atoms. The molecule has 2 aromatic carbocycles. The van der Waals surface area contributed by atoms with Gasteiger partial charge in [0.15, 0.2) is 5.96 Å². The molecule has 1 fully saturated rings. The standard InChI is InChI=1S/C21H29N5O.HI/c1-27-20-10-8-18(9-11-20)24-21(22)23-12-5-13-25-14-16-26(17-15-25)19-6-3-2-4-7-19;/h2-4,6-11H,5,12-17H2,1H3,(H3,22,23,24);1H. The summed E-state index contributed by atoms with van der Waals surface area (Å²) in [5, 5.41) is 3.11. The summed E-state index contributed by atoms with van der Waals surface area (Å²) >= 11 is 0. The Morgan fingerprint density at radius 3 is 2.36 bits per heavy atom. The number of ether oxygens (including phenoxy) is 1. The van der Waals surface area contributed by atoms with E-state index in [0.717, 1.165) is 57.1 Å². The first-order valence-electron chi connectivity index (χ1n) is 9.48. The van der Waals surface area contributed by atoms with Gasteiger partial charge in [0.1, 0.15) is 5.75 Å². The molecule has 1 heterocycles. The van der Waals surface area contributed by atoms with Gasteiger partial charge in [0.05, 0.1) is 7.11 Å². The van der Waals surface area contributed by atoms with Crippen molar-refractivity contribution in [3.05, 3.63) is 54.6 Å². The second-order valence-electron chi connectivity index (χ2n) is 6.64. The summed E-state index contributed by atoms with van der Waals surface area (Å²) in [6, 6.07) is 18.3. The molecule has 0 aliphatic carbocycles. The van der Waals surface area contributed by atoms with Crippen LogP contribution in [0.15, 0.2) is 59.6 Å². The fourth-order valence-electron chi connectivity index (χ4n) is 3.22. The van der Waals surface area contributed by atoms with E-state index in [1.165, 1.54) is 5.69 Å². The van der Waals surface area contributed by atoms with Crippen LogP contribution in [0.25, 0.3) is 0 Å². The van der Waals surface area contributed by atoms with E-state index < -0.39 is 0 Å². The third kappa shape index (κ3) is 6.87. The number of piperazine rings is 1. The summed E-state index contributed by atoms with van der Waals surface area (Å²) in [6.45, 7) is 6.13. The first-order chi connectivity index (χ1) is 13.2.